The summed E-state index contributed by atoms with van der Waals surface area (Å²) in [5, 5.41) is 0. The van der Waals surface area contributed by atoms with Crippen molar-refractivity contribution in [1.82, 2.24) is 4.90 Å². The van der Waals surface area contributed by atoms with Crippen LogP contribution in [0.25, 0.3) is 0 Å². The Morgan fingerprint density at radius 1 is 1.00 bits per heavy atom. The van der Waals surface area contributed by atoms with E-state index in [1.807, 2.05) is 0 Å². The Labute approximate surface area is 86.7 Å². The van der Waals surface area contributed by atoms with Crippen molar-refractivity contribution in [3.8, 4) is 0 Å². The molecule has 0 fully saturated rings. The highest BCUT2D eigenvalue weighted by Gasteiger charge is 2.10. The van der Waals surface area contributed by atoms with Crippen LogP contribution < -0.4 is 0 Å². The van der Waals surface area contributed by atoms with Gasteiger partial charge in [-0.2, -0.15) is 0 Å². The molecule has 0 aliphatic rings. The van der Waals surface area contributed by atoms with Crippen LogP contribution in [0.15, 0.2) is 0 Å². The lowest BCUT2D eigenvalue weighted by molar-refractivity contribution is 0.303. The first-order chi connectivity index (χ1) is 6.13. The van der Waals surface area contributed by atoms with Gasteiger partial charge in [0.05, 0.1) is 0 Å². The first kappa shape index (κ1) is 13.2. The lowest BCUT2D eigenvalue weighted by atomic mass is 10.4. The highest BCUT2D eigenvalue weighted by atomic mass is 28.2. The number of hydrogen-bond donors (Lipinski definition) is 0. The normalized spacial score (nSPS) is 17.1. The maximum atomic E-state index is 2.56. The van der Waals surface area contributed by atoms with Crippen molar-refractivity contribution in [2.24, 2.45) is 0 Å². The van der Waals surface area contributed by atoms with E-state index in [1.165, 1.54) is 26.1 Å². The summed E-state index contributed by atoms with van der Waals surface area (Å²) in [5.74, 6) is 0. The second kappa shape index (κ2) is 7.57. The van der Waals surface area contributed by atoms with Gasteiger partial charge < -0.3 is 4.90 Å². The SMILES string of the molecule is CCC(C)[SiH2]C(C)CN(CC)CC. The van der Waals surface area contributed by atoms with Gasteiger partial charge in [0.25, 0.3) is 0 Å². The first-order valence-electron chi connectivity index (χ1n) is 5.86. The molecule has 0 aromatic carbocycles. The van der Waals surface area contributed by atoms with Crippen molar-refractivity contribution >= 4 is 9.52 Å². The quantitative estimate of drug-likeness (QED) is 0.572. The van der Waals surface area contributed by atoms with Gasteiger partial charge in [0.2, 0.25) is 0 Å². The van der Waals surface area contributed by atoms with Gasteiger partial charge in [0, 0.05) is 9.52 Å². The zero-order valence-electron chi connectivity index (χ0n) is 10.1. The number of rotatable bonds is 7. The van der Waals surface area contributed by atoms with Crippen LogP contribution in [0.4, 0.5) is 0 Å². The van der Waals surface area contributed by atoms with Gasteiger partial charge in [-0.15, -0.1) is 0 Å². The van der Waals surface area contributed by atoms with Crippen LogP contribution in [0.1, 0.15) is 41.0 Å². The molecule has 80 valence electrons. The topological polar surface area (TPSA) is 3.24 Å². The predicted molar refractivity (Wildman–Crippen MR) is 65.5 cm³/mol. The Hall–Kier alpha value is 0.177. The molecule has 0 heterocycles. The third-order valence-corrected chi connectivity index (χ3v) is 5.41. The molecule has 0 aliphatic carbocycles. The van der Waals surface area contributed by atoms with Gasteiger partial charge in [-0.1, -0.05) is 46.6 Å². The van der Waals surface area contributed by atoms with Gasteiger partial charge in [0.15, 0.2) is 0 Å². The smallest absolute Gasteiger partial charge is 0.0273 e. The largest absolute Gasteiger partial charge is 0.304 e. The van der Waals surface area contributed by atoms with Crippen molar-refractivity contribution in [3.63, 3.8) is 0 Å². The average molecular weight is 201 g/mol. The second-order valence-electron chi connectivity index (χ2n) is 4.34. The minimum Gasteiger partial charge on any atom is -0.304 e. The minimum atomic E-state index is 0.157. The van der Waals surface area contributed by atoms with E-state index < -0.39 is 0 Å². The van der Waals surface area contributed by atoms with Crippen LogP contribution >= 0.6 is 0 Å². The van der Waals surface area contributed by atoms with E-state index in [1.54, 1.807) is 0 Å². The van der Waals surface area contributed by atoms with Crippen LogP contribution in [0.2, 0.25) is 11.1 Å². The third-order valence-electron chi connectivity index (χ3n) is 2.97. The van der Waals surface area contributed by atoms with Crippen molar-refractivity contribution in [2.75, 3.05) is 19.6 Å². The summed E-state index contributed by atoms with van der Waals surface area (Å²) >= 11 is 0. The molecule has 0 amide bonds. The van der Waals surface area contributed by atoms with E-state index in [-0.39, 0.29) is 9.52 Å². The van der Waals surface area contributed by atoms with E-state index in [0.29, 0.717) is 0 Å². The molecule has 0 saturated carbocycles. The Morgan fingerprint density at radius 2 is 1.54 bits per heavy atom. The molecule has 2 heteroatoms. The van der Waals surface area contributed by atoms with Crippen molar-refractivity contribution in [1.29, 1.82) is 0 Å². The fourth-order valence-corrected chi connectivity index (χ4v) is 4.07. The summed E-state index contributed by atoms with van der Waals surface area (Å²) in [5.41, 5.74) is 2.03. The maximum absolute atomic E-state index is 2.56. The summed E-state index contributed by atoms with van der Waals surface area (Å²) < 4.78 is 0. The molecule has 2 atom stereocenters. The summed E-state index contributed by atoms with van der Waals surface area (Å²) in [6, 6.07) is 0. The van der Waals surface area contributed by atoms with Crippen molar-refractivity contribution in [3.05, 3.63) is 0 Å². The summed E-state index contributed by atoms with van der Waals surface area (Å²) in [7, 11) is 0.157. The van der Waals surface area contributed by atoms with Crippen LogP contribution in [-0.2, 0) is 0 Å². The standard InChI is InChI=1S/C11H27NSi/c1-6-10(4)13-11(5)9-12(7-2)8-3/h10-11H,6-9,13H2,1-5H3. The van der Waals surface area contributed by atoms with E-state index in [0.717, 1.165) is 11.1 Å². The summed E-state index contributed by atoms with van der Waals surface area (Å²) in [4.78, 5) is 2.56. The van der Waals surface area contributed by atoms with Crippen LogP contribution in [0.5, 0.6) is 0 Å². The second-order valence-corrected chi connectivity index (χ2v) is 7.60. The van der Waals surface area contributed by atoms with E-state index in [4.69, 9.17) is 0 Å². The molecule has 0 saturated heterocycles. The summed E-state index contributed by atoms with van der Waals surface area (Å²) in [6.45, 7) is 15.5. The summed E-state index contributed by atoms with van der Waals surface area (Å²) in [6.07, 6.45) is 1.38. The highest BCUT2D eigenvalue weighted by Crippen LogP contribution is 2.15. The lowest BCUT2D eigenvalue weighted by Gasteiger charge is -2.23. The molecule has 0 aromatic rings. The molecule has 0 bridgehead atoms. The Morgan fingerprint density at radius 3 is 1.92 bits per heavy atom. The van der Waals surface area contributed by atoms with Crippen LogP contribution in [0.3, 0.4) is 0 Å². The lowest BCUT2D eigenvalue weighted by Crippen LogP contribution is -2.28. The van der Waals surface area contributed by atoms with Gasteiger partial charge in [-0.25, -0.2) is 0 Å². The average Bonchev–Trinajstić information content (AvgIpc) is 2.13. The fraction of sp³-hybridized carbons (Fsp3) is 1.00. The zero-order valence-corrected chi connectivity index (χ0v) is 11.6. The molecule has 0 aromatic heterocycles. The fourth-order valence-electron chi connectivity index (χ4n) is 1.85. The number of nitrogens with zero attached hydrogens (tertiary/aromatic N) is 1. The maximum Gasteiger partial charge on any atom is 0.0273 e. The van der Waals surface area contributed by atoms with Gasteiger partial charge in [-0.05, 0) is 25.2 Å². The molecule has 2 unspecified atom stereocenters. The molecule has 0 spiro atoms. The molecule has 0 rings (SSSR count). The third kappa shape index (κ3) is 6.27. The van der Waals surface area contributed by atoms with Gasteiger partial charge in [0.1, 0.15) is 0 Å². The van der Waals surface area contributed by atoms with E-state index in [2.05, 4.69) is 39.5 Å². The van der Waals surface area contributed by atoms with E-state index in [9.17, 15) is 0 Å². The van der Waals surface area contributed by atoms with Crippen LogP contribution in [0, 0.1) is 0 Å². The van der Waals surface area contributed by atoms with Gasteiger partial charge >= 0.3 is 0 Å². The van der Waals surface area contributed by atoms with Gasteiger partial charge in [-0.3, -0.25) is 0 Å². The Balaban J connectivity index is 3.65. The Kier molecular flexibility index (Phi) is 7.67. The monoisotopic (exact) mass is 201 g/mol. The minimum absolute atomic E-state index is 0.157. The zero-order chi connectivity index (χ0) is 10.3. The molecule has 0 aliphatic heterocycles. The van der Waals surface area contributed by atoms with Crippen molar-refractivity contribution in [2.45, 2.75) is 52.1 Å². The first-order valence-corrected chi connectivity index (χ1v) is 7.49. The molecular formula is C11H27NSi. The molecule has 1 nitrogen and oxygen atoms in total. The molecule has 0 radical (unpaired) electrons. The molecule has 13 heavy (non-hydrogen) atoms. The highest BCUT2D eigenvalue weighted by molar-refractivity contribution is 6.39. The van der Waals surface area contributed by atoms with Crippen molar-refractivity contribution < 1.29 is 0 Å². The van der Waals surface area contributed by atoms with E-state index >= 15 is 0 Å². The molecular weight excluding hydrogens is 174 g/mol. The number of hydrogen-bond acceptors (Lipinski definition) is 1. The molecule has 0 N–H and O–H groups in total. The predicted octanol–water partition coefficient (Wildman–Crippen LogP) is 2.52. The Bertz CT molecular complexity index is 113. The van der Waals surface area contributed by atoms with Crippen LogP contribution in [-0.4, -0.2) is 34.1 Å².